The van der Waals surface area contributed by atoms with Gasteiger partial charge in [0.25, 0.3) is 0 Å². The standard InChI is InChI=1S/2C28H18/c2*1-2-8-19(9-3-1)28-26-17-22-12-6-4-10-20(22)14-24(26)16-25-15-21-11-5-7-13-23(21)18-27(25)28/h2*1-18H. The second kappa shape index (κ2) is 13.2. The van der Waals surface area contributed by atoms with Gasteiger partial charge in [-0.2, -0.15) is 0 Å². The van der Waals surface area contributed by atoms with E-state index in [0.717, 1.165) is 0 Å². The Hall–Kier alpha value is -7.28. The molecule has 12 rings (SSSR count). The molecule has 12 aromatic rings. The van der Waals surface area contributed by atoms with E-state index >= 15 is 0 Å². The molecule has 0 fully saturated rings. The van der Waals surface area contributed by atoms with Crippen LogP contribution in [0.5, 0.6) is 0 Å². The Kier molecular flexibility index (Phi) is 7.60. The lowest BCUT2D eigenvalue weighted by Gasteiger charge is -2.14. The van der Waals surface area contributed by atoms with Crippen molar-refractivity contribution in [1.82, 2.24) is 0 Å². The lowest BCUT2D eigenvalue weighted by molar-refractivity contribution is 1.68. The summed E-state index contributed by atoms with van der Waals surface area (Å²) in [6, 6.07) is 79.4. The molecule has 0 saturated carbocycles. The van der Waals surface area contributed by atoms with E-state index in [2.05, 4.69) is 218 Å². The van der Waals surface area contributed by atoms with Crippen molar-refractivity contribution >= 4 is 86.2 Å². The summed E-state index contributed by atoms with van der Waals surface area (Å²) in [5, 5.41) is 20.7. The lowest BCUT2D eigenvalue weighted by atomic mass is 9.89. The molecule has 0 heteroatoms. The van der Waals surface area contributed by atoms with Crippen LogP contribution < -0.4 is 0 Å². The summed E-state index contributed by atoms with van der Waals surface area (Å²) in [5.74, 6) is 0. The van der Waals surface area contributed by atoms with Crippen molar-refractivity contribution < 1.29 is 0 Å². The molecular formula is C56H36. The van der Waals surface area contributed by atoms with Crippen molar-refractivity contribution in [3.05, 3.63) is 218 Å². The fourth-order valence-corrected chi connectivity index (χ4v) is 8.83. The first kappa shape index (κ1) is 32.2. The van der Waals surface area contributed by atoms with Crippen molar-refractivity contribution in [2.24, 2.45) is 0 Å². The molecular weight excluding hydrogens is 673 g/mol. The summed E-state index contributed by atoms with van der Waals surface area (Å²) in [7, 11) is 0. The van der Waals surface area contributed by atoms with Crippen LogP contribution in [0.1, 0.15) is 0 Å². The molecule has 0 bridgehead atoms. The predicted octanol–water partition coefficient (Wildman–Crippen LogP) is 15.9. The molecule has 260 valence electrons. The SMILES string of the molecule is c1ccc(-c2c3cc4ccccc4cc3cc3cc4ccccc4cc23)cc1.c1ccc(-c2c3cc4ccccc4cc3cc3cc4ccccc4cc23)cc1. The fourth-order valence-electron chi connectivity index (χ4n) is 8.83. The van der Waals surface area contributed by atoms with Gasteiger partial charge in [0.15, 0.2) is 0 Å². The van der Waals surface area contributed by atoms with Crippen molar-refractivity contribution in [2.75, 3.05) is 0 Å². The Morgan fingerprint density at radius 3 is 0.607 bits per heavy atom. The molecule has 0 aromatic heterocycles. The minimum atomic E-state index is 1.27. The van der Waals surface area contributed by atoms with Crippen molar-refractivity contribution in [2.45, 2.75) is 0 Å². The largest absolute Gasteiger partial charge is 0.0622 e. The smallest absolute Gasteiger partial charge is 0.00264 e. The van der Waals surface area contributed by atoms with E-state index in [-0.39, 0.29) is 0 Å². The van der Waals surface area contributed by atoms with Crippen molar-refractivity contribution in [3.8, 4) is 22.3 Å². The van der Waals surface area contributed by atoms with Crippen LogP contribution in [-0.4, -0.2) is 0 Å². The zero-order valence-corrected chi connectivity index (χ0v) is 30.8. The average Bonchev–Trinajstić information content (AvgIpc) is 3.25. The molecule has 0 spiro atoms. The van der Waals surface area contributed by atoms with Gasteiger partial charge in [-0.05, 0) is 169 Å². The third-order valence-electron chi connectivity index (χ3n) is 11.5. The number of hydrogen-bond acceptors (Lipinski definition) is 0. The molecule has 0 aliphatic rings. The molecule has 0 aliphatic carbocycles. The molecule has 56 heavy (non-hydrogen) atoms. The van der Waals surface area contributed by atoms with Gasteiger partial charge in [-0.15, -0.1) is 0 Å². The molecule has 0 amide bonds. The molecule has 0 atom stereocenters. The van der Waals surface area contributed by atoms with Gasteiger partial charge >= 0.3 is 0 Å². The zero-order chi connectivity index (χ0) is 37.0. The van der Waals surface area contributed by atoms with Crippen molar-refractivity contribution in [1.29, 1.82) is 0 Å². The number of benzene rings is 12. The summed E-state index contributed by atoms with van der Waals surface area (Å²) in [4.78, 5) is 0. The van der Waals surface area contributed by atoms with Gasteiger partial charge in [0.1, 0.15) is 0 Å². The Balaban J connectivity index is 0.000000130. The minimum Gasteiger partial charge on any atom is -0.0622 e. The third kappa shape index (κ3) is 5.54. The van der Waals surface area contributed by atoms with Crippen LogP contribution in [0.15, 0.2) is 218 Å². The summed E-state index contributed by atoms with van der Waals surface area (Å²) >= 11 is 0. The monoisotopic (exact) mass is 708 g/mol. The van der Waals surface area contributed by atoms with E-state index in [9.17, 15) is 0 Å². The molecule has 0 saturated heterocycles. The normalized spacial score (nSPS) is 11.6. The molecule has 0 heterocycles. The Labute approximate surface area is 325 Å². The van der Waals surface area contributed by atoms with E-state index in [1.54, 1.807) is 0 Å². The highest BCUT2D eigenvalue weighted by Gasteiger charge is 2.14. The van der Waals surface area contributed by atoms with Gasteiger partial charge in [0, 0.05) is 0 Å². The first-order valence-electron chi connectivity index (χ1n) is 19.4. The zero-order valence-electron chi connectivity index (χ0n) is 30.8. The molecule has 0 nitrogen and oxygen atoms in total. The van der Waals surface area contributed by atoms with Gasteiger partial charge in [-0.25, -0.2) is 0 Å². The fraction of sp³-hybridized carbons (Fsp3) is 0. The van der Waals surface area contributed by atoms with Gasteiger partial charge in [0.05, 0.1) is 0 Å². The Morgan fingerprint density at radius 1 is 0.161 bits per heavy atom. The first-order chi connectivity index (χ1) is 27.7. The maximum Gasteiger partial charge on any atom is -0.00264 e. The van der Waals surface area contributed by atoms with Crippen LogP contribution in [0, 0.1) is 0 Å². The first-order valence-corrected chi connectivity index (χ1v) is 19.4. The Morgan fingerprint density at radius 2 is 0.357 bits per heavy atom. The van der Waals surface area contributed by atoms with E-state index < -0.39 is 0 Å². The average molecular weight is 709 g/mol. The Bertz CT molecular complexity index is 3030. The van der Waals surface area contributed by atoms with Gasteiger partial charge in [-0.3, -0.25) is 0 Å². The molecule has 0 N–H and O–H groups in total. The lowest BCUT2D eigenvalue weighted by Crippen LogP contribution is -1.87. The summed E-state index contributed by atoms with van der Waals surface area (Å²) in [5.41, 5.74) is 5.18. The van der Waals surface area contributed by atoms with E-state index in [0.29, 0.717) is 0 Å². The number of hydrogen-bond donors (Lipinski definition) is 0. The topological polar surface area (TPSA) is 0 Å². The second-order valence-corrected chi connectivity index (χ2v) is 14.9. The van der Waals surface area contributed by atoms with Gasteiger partial charge < -0.3 is 0 Å². The maximum absolute atomic E-state index is 2.35. The van der Waals surface area contributed by atoms with Crippen LogP contribution >= 0.6 is 0 Å². The van der Waals surface area contributed by atoms with E-state index in [1.165, 1.54) is 108 Å². The van der Waals surface area contributed by atoms with Crippen molar-refractivity contribution in [3.63, 3.8) is 0 Å². The second-order valence-electron chi connectivity index (χ2n) is 14.9. The highest BCUT2D eigenvalue weighted by Crippen LogP contribution is 2.41. The van der Waals surface area contributed by atoms with Crippen LogP contribution in [0.3, 0.4) is 0 Å². The maximum atomic E-state index is 2.35. The van der Waals surface area contributed by atoms with Crippen LogP contribution in [0.4, 0.5) is 0 Å². The number of rotatable bonds is 2. The van der Waals surface area contributed by atoms with E-state index in [1.807, 2.05) is 0 Å². The molecule has 0 radical (unpaired) electrons. The van der Waals surface area contributed by atoms with Crippen LogP contribution in [0.25, 0.3) is 108 Å². The van der Waals surface area contributed by atoms with Crippen LogP contribution in [0.2, 0.25) is 0 Å². The minimum absolute atomic E-state index is 1.27. The third-order valence-corrected chi connectivity index (χ3v) is 11.5. The molecule has 12 aromatic carbocycles. The summed E-state index contributed by atoms with van der Waals surface area (Å²) < 4.78 is 0. The summed E-state index contributed by atoms with van der Waals surface area (Å²) in [6.07, 6.45) is 0. The van der Waals surface area contributed by atoms with Crippen LogP contribution in [-0.2, 0) is 0 Å². The highest BCUT2D eigenvalue weighted by atomic mass is 14.2. The van der Waals surface area contributed by atoms with E-state index in [4.69, 9.17) is 0 Å². The molecule has 0 unspecified atom stereocenters. The number of fused-ring (bicyclic) bond motifs is 8. The highest BCUT2D eigenvalue weighted by molar-refractivity contribution is 6.19. The summed E-state index contributed by atoms with van der Waals surface area (Å²) in [6.45, 7) is 0. The predicted molar refractivity (Wildman–Crippen MR) is 244 cm³/mol. The quantitative estimate of drug-likeness (QED) is 0.157. The van der Waals surface area contributed by atoms with Gasteiger partial charge in [0.2, 0.25) is 0 Å². The molecule has 0 aliphatic heterocycles. The van der Waals surface area contributed by atoms with Gasteiger partial charge in [-0.1, -0.05) is 158 Å².